The molecule has 1 saturated carbocycles. The molecule has 1 unspecified atom stereocenters. The maximum Gasteiger partial charge on any atom is 0.0782 e. The van der Waals surface area contributed by atoms with Gasteiger partial charge in [-0.25, -0.2) is 0 Å². The van der Waals surface area contributed by atoms with E-state index in [0.29, 0.717) is 12.6 Å². The van der Waals surface area contributed by atoms with Crippen molar-refractivity contribution < 1.29 is 10.2 Å². The van der Waals surface area contributed by atoms with E-state index in [2.05, 4.69) is 20.8 Å². The smallest absolute Gasteiger partial charge is 0.0782 e. The number of hydrogen-bond donors (Lipinski definition) is 2. The molecule has 0 amide bonds. The standard InChI is InChI=1S/C13H18BrNO2/c1-9(17)12-5-2-10(14)8-13(12)15(6-7-16)11-3-4-11/h2,5,8-9,11,16-17H,3-4,6-7H2,1H3. The number of aliphatic hydroxyl groups is 2. The molecule has 0 aliphatic heterocycles. The molecule has 2 rings (SSSR count). The molecule has 0 saturated heterocycles. The van der Waals surface area contributed by atoms with Crippen molar-refractivity contribution in [2.45, 2.75) is 31.9 Å². The quantitative estimate of drug-likeness (QED) is 0.878. The molecule has 1 atom stereocenters. The summed E-state index contributed by atoms with van der Waals surface area (Å²) in [5.74, 6) is 0. The highest BCUT2D eigenvalue weighted by Gasteiger charge is 2.30. The molecule has 1 fully saturated rings. The fraction of sp³-hybridized carbons (Fsp3) is 0.538. The Balaban J connectivity index is 2.35. The molecule has 3 nitrogen and oxygen atoms in total. The minimum Gasteiger partial charge on any atom is -0.395 e. The molecule has 0 aromatic heterocycles. The number of benzene rings is 1. The molecular weight excluding hydrogens is 282 g/mol. The molecule has 1 aliphatic rings. The highest BCUT2D eigenvalue weighted by atomic mass is 79.9. The predicted molar refractivity (Wildman–Crippen MR) is 72.2 cm³/mol. The van der Waals surface area contributed by atoms with Crippen LogP contribution in [0.25, 0.3) is 0 Å². The van der Waals surface area contributed by atoms with Gasteiger partial charge in [0, 0.05) is 28.3 Å². The molecular formula is C13H18BrNO2. The number of halogens is 1. The summed E-state index contributed by atoms with van der Waals surface area (Å²) >= 11 is 3.46. The van der Waals surface area contributed by atoms with Crippen LogP contribution in [0.5, 0.6) is 0 Å². The molecule has 0 radical (unpaired) electrons. The van der Waals surface area contributed by atoms with Crippen LogP contribution in [0.1, 0.15) is 31.4 Å². The second-order valence-electron chi connectivity index (χ2n) is 4.53. The van der Waals surface area contributed by atoms with Crippen LogP contribution in [0.4, 0.5) is 5.69 Å². The van der Waals surface area contributed by atoms with Gasteiger partial charge in [-0.05, 0) is 31.9 Å². The van der Waals surface area contributed by atoms with Crippen LogP contribution in [0.3, 0.4) is 0 Å². The molecule has 4 heteroatoms. The van der Waals surface area contributed by atoms with Crippen LogP contribution >= 0.6 is 15.9 Å². The Bertz CT molecular complexity index is 391. The normalized spacial score (nSPS) is 16.9. The van der Waals surface area contributed by atoms with Crippen LogP contribution in [0, 0.1) is 0 Å². The molecule has 17 heavy (non-hydrogen) atoms. The van der Waals surface area contributed by atoms with Crippen LogP contribution in [-0.4, -0.2) is 29.4 Å². The summed E-state index contributed by atoms with van der Waals surface area (Å²) < 4.78 is 1.00. The Labute approximate surface area is 110 Å². The number of aliphatic hydroxyl groups excluding tert-OH is 2. The maximum atomic E-state index is 9.81. The van der Waals surface area contributed by atoms with Gasteiger partial charge in [-0.2, -0.15) is 0 Å². The van der Waals surface area contributed by atoms with Gasteiger partial charge in [-0.1, -0.05) is 22.0 Å². The van der Waals surface area contributed by atoms with Gasteiger partial charge >= 0.3 is 0 Å². The molecule has 1 aromatic carbocycles. The topological polar surface area (TPSA) is 43.7 Å². The zero-order valence-corrected chi connectivity index (χ0v) is 11.5. The van der Waals surface area contributed by atoms with Crippen molar-refractivity contribution in [3.63, 3.8) is 0 Å². The first kappa shape index (κ1) is 12.9. The summed E-state index contributed by atoms with van der Waals surface area (Å²) in [4.78, 5) is 2.20. The number of anilines is 1. The minimum atomic E-state index is -0.488. The number of nitrogens with zero attached hydrogens (tertiary/aromatic N) is 1. The first-order valence-electron chi connectivity index (χ1n) is 5.98. The van der Waals surface area contributed by atoms with Crippen molar-refractivity contribution in [1.29, 1.82) is 0 Å². The Hall–Kier alpha value is -0.580. The van der Waals surface area contributed by atoms with E-state index < -0.39 is 6.10 Å². The van der Waals surface area contributed by atoms with E-state index in [4.69, 9.17) is 5.11 Å². The van der Waals surface area contributed by atoms with Gasteiger partial charge in [0.1, 0.15) is 0 Å². The molecule has 1 aliphatic carbocycles. The first-order valence-corrected chi connectivity index (χ1v) is 6.77. The summed E-state index contributed by atoms with van der Waals surface area (Å²) in [6.45, 7) is 2.54. The van der Waals surface area contributed by atoms with E-state index >= 15 is 0 Å². The van der Waals surface area contributed by atoms with E-state index in [1.807, 2.05) is 18.2 Å². The van der Waals surface area contributed by atoms with Gasteiger partial charge in [0.25, 0.3) is 0 Å². The van der Waals surface area contributed by atoms with E-state index in [1.165, 1.54) is 12.8 Å². The summed E-state index contributed by atoms with van der Waals surface area (Å²) in [7, 11) is 0. The highest BCUT2D eigenvalue weighted by Crippen LogP contribution is 2.36. The van der Waals surface area contributed by atoms with Gasteiger partial charge < -0.3 is 15.1 Å². The summed E-state index contributed by atoms with van der Waals surface area (Å²) in [6.07, 6.45) is 1.86. The van der Waals surface area contributed by atoms with Gasteiger partial charge in [-0.3, -0.25) is 0 Å². The van der Waals surface area contributed by atoms with Crippen LogP contribution in [0.15, 0.2) is 22.7 Å². The first-order chi connectivity index (χ1) is 8.13. The lowest BCUT2D eigenvalue weighted by Gasteiger charge is -2.27. The summed E-state index contributed by atoms with van der Waals surface area (Å²) in [6, 6.07) is 6.43. The fourth-order valence-electron chi connectivity index (χ4n) is 2.11. The van der Waals surface area contributed by atoms with Crippen LogP contribution in [-0.2, 0) is 0 Å². The third-order valence-corrected chi connectivity index (χ3v) is 3.57. The third-order valence-electron chi connectivity index (χ3n) is 3.08. The third kappa shape index (κ3) is 3.00. The zero-order chi connectivity index (χ0) is 12.4. The van der Waals surface area contributed by atoms with Crippen molar-refractivity contribution in [3.05, 3.63) is 28.2 Å². The van der Waals surface area contributed by atoms with Gasteiger partial charge in [0.2, 0.25) is 0 Å². The van der Waals surface area contributed by atoms with Crippen molar-refractivity contribution in [2.24, 2.45) is 0 Å². The van der Waals surface area contributed by atoms with Crippen molar-refractivity contribution in [1.82, 2.24) is 0 Å². The molecule has 94 valence electrons. The monoisotopic (exact) mass is 299 g/mol. The van der Waals surface area contributed by atoms with E-state index in [0.717, 1.165) is 15.7 Å². The molecule has 2 N–H and O–H groups in total. The molecule has 1 aromatic rings. The lowest BCUT2D eigenvalue weighted by molar-refractivity contribution is 0.199. The van der Waals surface area contributed by atoms with Crippen molar-refractivity contribution in [2.75, 3.05) is 18.1 Å². The lowest BCUT2D eigenvalue weighted by atomic mass is 10.1. The van der Waals surface area contributed by atoms with Gasteiger partial charge in [0.05, 0.1) is 12.7 Å². The zero-order valence-electron chi connectivity index (χ0n) is 9.93. The van der Waals surface area contributed by atoms with Gasteiger partial charge in [-0.15, -0.1) is 0 Å². The maximum absolute atomic E-state index is 9.81. The average molecular weight is 300 g/mol. The predicted octanol–water partition coefficient (Wildman–Crippen LogP) is 2.46. The fourth-order valence-corrected chi connectivity index (χ4v) is 2.46. The van der Waals surface area contributed by atoms with E-state index in [-0.39, 0.29) is 6.61 Å². The van der Waals surface area contributed by atoms with Crippen molar-refractivity contribution in [3.8, 4) is 0 Å². The van der Waals surface area contributed by atoms with Crippen molar-refractivity contribution >= 4 is 21.6 Å². The van der Waals surface area contributed by atoms with Gasteiger partial charge in [0.15, 0.2) is 0 Å². The summed E-state index contributed by atoms with van der Waals surface area (Å²) in [5.41, 5.74) is 1.96. The van der Waals surface area contributed by atoms with E-state index in [9.17, 15) is 5.11 Å². The van der Waals surface area contributed by atoms with Crippen LogP contribution < -0.4 is 4.90 Å². The Morgan fingerprint density at radius 3 is 2.71 bits per heavy atom. The molecule has 0 heterocycles. The average Bonchev–Trinajstić information content (AvgIpc) is 3.09. The largest absolute Gasteiger partial charge is 0.395 e. The Morgan fingerprint density at radius 2 is 2.18 bits per heavy atom. The highest BCUT2D eigenvalue weighted by molar-refractivity contribution is 9.10. The second-order valence-corrected chi connectivity index (χ2v) is 5.44. The Kier molecular flexibility index (Phi) is 4.07. The number of hydrogen-bond acceptors (Lipinski definition) is 3. The molecule has 0 spiro atoms. The molecule has 0 bridgehead atoms. The SMILES string of the molecule is CC(O)c1ccc(Br)cc1N(CCO)C1CC1. The number of rotatable bonds is 5. The second kappa shape index (κ2) is 5.38. The van der Waals surface area contributed by atoms with E-state index in [1.54, 1.807) is 6.92 Å². The lowest BCUT2D eigenvalue weighted by Crippen LogP contribution is -2.30. The van der Waals surface area contributed by atoms with Crippen LogP contribution in [0.2, 0.25) is 0 Å². The summed E-state index contributed by atoms with van der Waals surface area (Å²) in [5, 5.41) is 19.0. The Morgan fingerprint density at radius 1 is 1.47 bits per heavy atom. The minimum absolute atomic E-state index is 0.141.